The molecule has 0 unspecified atom stereocenters. The Hall–Kier alpha value is -2.87. The van der Waals surface area contributed by atoms with Gasteiger partial charge in [-0.05, 0) is 51.3 Å². The third-order valence-electron chi connectivity index (χ3n) is 4.68. The van der Waals surface area contributed by atoms with Crippen LogP contribution in [0.4, 0.5) is 5.82 Å². The van der Waals surface area contributed by atoms with Gasteiger partial charge < -0.3 is 24.4 Å². The standard InChI is InChI=1S/C20H27N5O3/c1-23(2)9-4-7-21-18-15-16(6-8-22-18)19(26)24-10-12-25(13-11-24)20(27)17-5-3-14-28-17/h3,5-6,8,14-15H,4,7,9-13H2,1-2H3,(H,21,22). The van der Waals surface area contributed by atoms with E-state index in [0.717, 1.165) is 19.5 Å². The highest BCUT2D eigenvalue weighted by molar-refractivity contribution is 5.95. The molecule has 1 N–H and O–H groups in total. The van der Waals surface area contributed by atoms with Crippen LogP contribution in [0.5, 0.6) is 0 Å². The van der Waals surface area contributed by atoms with Crippen molar-refractivity contribution in [3.8, 4) is 0 Å². The van der Waals surface area contributed by atoms with Gasteiger partial charge in [0.15, 0.2) is 5.76 Å². The Labute approximate surface area is 165 Å². The average Bonchev–Trinajstić information content (AvgIpc) is 3.25. The maximum absolute atomic E-state index is 12.8. The fourth-order valence-electron chi connectivity index (χ4n) is 3.12. The van der Waals surface area contributed by atoms with Crippen molar-refractivity contribution < 1.29 is 14.0 Å². The van der Waals surface area contributed by atoms with Crippen LogP contribution in [0, 0.1) is 0 Å². The Morgan fingerprint density at radius 3 is 2.50 bits per heavy atom. The van der Waals surface area contributed by atoms with Gasteiger partial charge in [0.05, 0.1) is 6.26 Å². The second-order valence-electron chi connectivity index (χ2n) is 7.08. The van der Waals surface area contributed by atoms with E-state index in [1.807, 2.05) is 14.1 Å². The van der Waals surface area contributed by atoms with E-state index >= 15 is 0 Å². The first-order valence-corrected chi connectivity index (χ1v) is 9.51. The molecule has 0 bridgehead atoms. The summed E-state index contributed by atoms with van der Waals surface area (Å²) in [5.41, 5.74) is 0.607. The van der Waals surface area contributed by atoms with Crippen LogP contribution in [0.2, 0.25) is 0 Å². The number of nitrogens with zero attached hydrogens (tertiary/aromatic N) is 4. The molecule has 3 rings (SSSR count). The largest absolute Gasteiger partial charge is 0.459 e. The summed E-state index contributed by atoms with van der Waals surface area (Å²) in [6.07, 6.45) is 4.14. The second kappa shape index (κ2) is 9.36. The van der Waals surface area contributed by atoms with Crippen molar-refractivity contribution in [3.05, 3.63) is 48.0 Å². The lowest BCUT2D eigenvalue weighted by atomic mass is 10.2. The number of pyridine rings is 1. The average molecular weight is 385 g/mol. The van der Waals surface area contributed by atoms with Crippen molar-refractivity contribution in [2.75, 3.05) is 58.7 Å². The highest BCUT2D eigenvalue weighted by Gasteiger charge is 2.26. The second-order valence-corrected chi connectivity index (χ2v) is 7.08. The van der Waals surface area contributed by atoms with Crippen LogP contribution in [0.25, 0.3) is 0 Å². The summed E-state index contributed by atoms with van der Waals surface area (Å²) in [5, 5.41) is 3.26. The molecule has 0 spiro atoms. The number of hydrogen-bond acceptors (Lipinski definition) is 6. The molecule has 8 heteroatoms. The van der Waals surface area contributed by atoms with Crippen LogP contribution in [-0.2, 0) is 0 Å². The lowest BCUT2D eigenvalue weighted by molar-refractivity contribution is 0.0518. The first kappa shape index (κ1) is 19.9. The number of carbonyl (C=O) groups is 2. The molecule has 0 aromatic carbocycles. The molecule has 1 aliphatic heterocycles. The Morgan fingerprint density at radius 2 is 1.86 bits per heavy atom. The van der Waals surface area contributed by atoms with E-state index in [2.05, 4.69) is 15.2 Å². The maximum atomic E-state index is 12.8. The van der Waals surface area contributed by atoms with Crippen LogP contribution in [0.15, 0.2) is 41.1 Å². The number of furan rings is 1. The van der Waals surface area contributed by atoms with Crippen LogP contribution < -0.4 is 5.32 Å². The highest BCUT2D eigenvalue weighted by Crippen LogP contribution is 2.14. The number of nitrogens with one attached hydrogen (secondary N) is 1. The minimum atomic E-state index is -0.134. The fourth-order valence-corrected chi connectivity index (χ4v) is 3.12. The Morgan fingerprint density at radius 1 is 1.14 bits per heavy atom. The summed E-state index contributed by atoms with van der Waals surface area (Å²) < 4.78 is 5.17. The summed E-state index contributed by atoms with van der Waals surface area (Å²) in [7, 11) is 4.08. The Balaban J connectivity index is 1.52. The minimum Gasteiger partial charge on any atom is -0.459 e. The lowest BCUT2D eigenvalue weighted by Gasteiger charge is -2.34. The molecular formula is C20H27N5O3. The number of hydrogen-bond donors (Lipinski definition) is 1. The monoisotopic (exact) mass is 385 g/mol. The van der Waals surface area contributed by atoms with Gasteiger partial charge >= 0.3 is 0 Å². The van der Waals surface area contributed by atoms with Gasteiger partial charge in [0.1, 0.15) is 5.82 Å². The molecule has 150 valence electrons. The smallest absolute Gasteiger partial charge is 0.289 e. The molecule has 8 nitrogen and oxygen atoms in total. The SMILES string of the molecule is CN(C)CCCNc1cc(C(=O)N2CCN(C(=O)c3ccco3)CC2)ccn1. The van der Waals surface area contributed by atoms with Crippen molar-refractivity contribution in [2.45, 2.75) is 6.42 Å². The molecule has 28 heavy (non-hydrogen) atoms. The molecule has 1 saturated heterocycles. The summed E-state index contributed by atoms with van der Waals surface area (Å²) in [5.74, 6) is 0.865. The molecule has 0 aliphatic carbocycles. The molecule has 1 aliphatic rings. The number of aromatic nitrogens is 1. The topological polar surface area (TPSA) is 81.9 Å². The molecule has 0 saturated carbocycles. The molecule has 3 heterocycles. The Kier molecular flexibility index (Phi) is 6.65. The number of anilines is 1. The summed E-state index contributed by atoms with van der Waals surface area (Å²) >= 11 is 0. The lowest BCUT2D eigenvalue weighted by Crippen LogP contribution is -2.50. The van der Waals surface area contributed by atoms with E-state index in [-0.39, 0.29) is 11.8 Å². The van der Waals surface area contributed by atoms with Gasteiger partial charge in [0.2, 0.25) is 0 Å². The molecule has 0 radical (unpaired) electrons. The van der Waals surface area contributed by atoms with Gasteiger partial charge in [-0.2, -0.15) is 0 Å². The number of amides is 2. The number of piperazine rings is 1. The number of carbonyl (C=O) groups excluding carboxylic acids is 2. The van der Waals surface area contributed by atoms with E-state index in [9.17, 15) is 9.59 Å². The van der Waals surface area contributed by atoms with E-state index in [1.165, 1.54) is 6.26 Å². The van der Waals surface area contributed by atoms with Gasteiger partial charge in [-0.3, -0.25) is 9.59 Å². The molecular weight excluding hydrogens is 358 g/mol. The van der Waals surface area contributed by atoms with E-state index < -0.39 is 0 Å². The minimum absolute atomic E-state index is 0.0381. The van der Waals surface area contributed by atoms with Gasteiger partial charge in [0, 0.05) is 44.5 Å². The van der Waals surface area contributed by atoms with E-state index in [1.54, 1.807) is 40.3 Å². The molecule has 2 aromatic rings. The molecule has 0 atom stereocenters. The zero-order valence-electron chi connectivity index (χ0n) is 16.4. The quantitative estimate of drug-likeness (QED) is 0.730. The van der Waals surface area contributed by atoms with E-state index in [0.29, 0.717) is 43.3 Å². The zero-order chi connectivity index (χ0) is 19.9. The molecule has 2 aromatic heterocycles. The van der Waals surface area contributed by atoms with Gasteiger partial charge in [-0.15, -0.1) is 0 Å². The fraction of sp³-hybridized carbons (Fsp3) is 0.450. The molecule has 2 amide bonds. The van der Waals surface area contributed by atoms with Gasteiger partial charge in [-0.1, -0.05) is 0 Å². The maximum Gasteiger partial charge on any atom is 0.289 e. The van der Waals surface area contributed by atoms with Gasteiger partial charge in [0.25, 0.3) is 11.8 Å². The van der Waals surface area contributed by atoms with Crippen molar-refractivity contribution in [1.29, 1.82) is 0 Å². The molecule has 1 fully saturated rings. The van der Waals surface area contributed by atoms with Crippen molar-refractivity contribution >= 4 is 17.6 Å². The van der Waals surface area contributed by atoms with Crippen molar-refractivity contribution in [3.63, 3.8) is 0 Å². The highest BCUT2D eigenvalue weighted by atomic mass is 16.3. The van der Waals surface area contributed by atoms with Gasteiger partial charge in [-0.25, -0.2) is 4.98 Å². The Bertz CT molecular complexity index is 783. The first-order valence-electron chi connectivity index (χ1n) is 9.51. The normalized spacial score (nSPS) is 14.4. The van der Waals surface area contributed by atoms with Crippen molar-refractivity contribution in [2.24, 2.45) is 0 Å². The number of rotatable bonds is 7. The van der Waals surface area contributed by atoms with Crippen LogP contribution in [0.1, 0.15) is 27.3 Å². The van der Waals surface area contributed by atoms with E-state index in [4.69, 9.17) is 4.42 Å². The third kappa shape index (κ3) is 5.10. The van der Waals surface area contributed by atoms with Crippen LogP contribution >= 0.6 is 0 Å². The van der Waals surface area contributed by atoms with Crippen LogP contribution in [0.3, 0.4) is 0 Å². The summed E-state index contributed by atoms with van der Waals surface area (Å²) in [6, 6.07) is 6.87. The summed E-state index contributed by atoms with van der Waals surface area (Å²) in [6.45, 7) is 3.78. The predicted molar refractivity (Wildman–Crippen MR) is 106 cm³/mol. The summed E-state index contributed by atoms with van der Waals surface area (Å²) in [4.78, 5) is 35.1. The van der Waals surface area contributed by atoms with Crippen molar-refractivity contribution in [1.82, 2.24) is 19.7 Å². The first-order chi connectivity index (χ1) is 13.5. The predicted octanol–water partition coefficient (Wildman–Crippen LogP) is 1.64. The van der Waals surface area contributed by atoms with Crippen LogP contribution in [-0.4, -0.2) is 84.9 Å². The zero-order valence-corrected chi connectivity index (χ0v) is 16.4. The third-order valence-corrected chi connectivity index (χ3v) is 4.68.